The number of hydrogen-bond donors (Lipinski definition) is 1. The molecule has 0 fully saturated rings. The number of carbonyl (C=O) groups is 1. The van der Waals surface area contributed by atoms with Gasteiger partial charge in [0.1, 0.15) is 12.7 Å². The van der Waals surface area contributed by atoms with Gasteiger partial charge in [0.05, 0.1) is 6.54 Å². The highest BCUT2D eigenvalue weighted by Crippen LogP contribution is 2.27. The second-order valence-electron chi connectivity index (χ2n) is 5.06. The molecule has 3 aromatic rings. The minimum atomic E-state index is -1.68. The fourth-order valence-electron chi connectivity index (χ4n) is 2.40. The van der Waals surface area contributed by atoms with E-state index in [2.05, 4.69) is 10.2 Å². The number of aliphatic hydroxyl groups is 1. The number of benzene rings is 2. The number of carbonyl (C=O) groups excluding carboxylic acids is 1. The Balaban J connectivity index is 2.05. The van der Waals surface area contributed by atoms with Crippen LogP contribution in [0.25, 0.3) is 0 Å². The van der Waals surface area contributed by atoms with Gasteiger partial charge in [-0.3, -0.25) is 4.79 Å². The van der Waals surface area contributed by atoms with Crippen molar-refractivity contribution in [2.75, 3.05) is 0 Å². The Morgan fingerprint density at radius 1 is 0.955 bits per heavy atom. The van der Waals surface area contributed by atoms with Gasteiger partial charge >= 0.3 is 0 Å². The van der Waals surface area contributed by atoms with Crippen LogP contribution < -0.4 is 0 Å². The van der Waals surface area contributed by atoms with Gasteiger partial charge in [-0.05, 0) is 5.56 Å². The van der Waals surface area contributed by atoms with Gasteiger partial charge in [0.2, 0.25) is 5.78 Å². The van der Waals surface area contributed by atoms with E-state index in [4.69, 9.17) is 0 Å². The zero-order chi connectivity index (χ0) is 15.4. The molecule has 110 valence electrons. The van der Waals surface area contributed by atoms with Crippen molar-refractivity contribution in [2.24, 2.45) is 0 Å². The third kappa shape index (κ3) is 2.66. The van der Waals surface area contributed by atoms with E-state index in [9.17, 15) is 9.90 Å². The Kier molecular flexibility index (Phi) is 3.80. The van der Waals surface area contributed by atoms with Gasteiger partial charge in [0.25, 0.3) is 0 Å². The number of rotatable bonds is 5. The van der Waals surface area contributed by atoms with E-state index >= 15 is 0 Å². The molecule has 5 nitrogen and oxygen atoms in total. The first-order chi connectivity index (χ1) is 10.7. The predicted molar refractivity (Wildman–Crippen MR) is 81.1 cm³/mol. The van der Waals surface area contributed by atoms with Gasteiger partial charge in [-0.25, -0.2) is 0 Å². The van der Waals surface area contributed by atoms with Crippen molar-refractivity contribution < 1.29 is 9.90 Å². The van der Waals surface area contributed by atoms with E-state index in [1.165, 1.54) is 12.7 Å². The summed E-state index contributed by atoms with van der Waals surface area (Å²) in [5.41, 5.74) is -0.676. The third-order valence-corrected chi connectivity index (χ3v) is 3.54. The van der Waals surface area contributed by atoms with Crippen molar-refractivity contribution in [1.29, 1.82) is 0 Å². The summed E-state index contributed by atoms with van der Waals surface area (Å²) in [6, 6.07) is 17.7. The van der Waals surface area contributed by atoms with Crippen LogP contribution in [0.15, 0.2) is 73.3 Å². The summed E-state index contributed by atoms with van der Waals surface area (Å²) in [7, 11) is 0. The lowest BCUT2D eigenvalue weighted by Gasteiger charge is -2.27. The largest absolute Gasteiger partial charge is 0.375 e. The summed E-state index contributed by atoms with van der Waals surface area (Å²) in [5, 5.41) is 18.6. The number of hydrogen-bond acceptors (Lipinski definition) is 4. The van der Waals surface area contributed by atoms with Gasteiger partial charge in [0, 0.05) is 5.56 Å². The quantitative estimate of drug-likeness (QED) is 0.731. The molecule has 0 bridgehead atoms. The molecule has 0 aliphatic carbocycles. The van der Waals surface area contributed by atoms with Crippen molar-refractivity contribution in [3.63, 3.8) is 0 Å². The zero-order valence-electron chi connectivity index (χ0n) is 11.8. The second kappa shape index (κ2) is 5.91. The maximum Gasteiger partial charge on any atom is 0.200 e. The molecule has 0 saturated carbocycles. The molecule has 0 amide bonds. The van der Waals surface area contributed by atoms with Crippen LogP contribution in [0.1, 0.15) is 15.9 Å². The number of ketones is 1. The first-order valence-corrected chi connectivity index (χ1v) is 6.90. The maximum atomic E-state index is 12.9. The van der Waals surface area contributed by atoms with Crippen LogP contribution in [-0.2, 0) is 12.1 Å². The minimum Gasteiger partial charge on any atom is -0.375 e. The Morgan fingerprint density at radius 2 is 1.50 bits per heavy atom. The van der Waals surface area contributed by atoms with Crippen molar-refractivity contribution in [1.82, 2.24) is 14.8 Å². The summed E-state index contributed by atoms with van der Waals surface area (Å²) in [6.07, 6.45) is 2.96. The highest BCUT2D eigenvalue weighted by Gasteiger charge is 2.38. The number of nitrogens with zero attached hydrogens (tertiary/aromatic N) is 3. The summed E-state index contributed by atoms with van der Waals surface area (Å²) in [5.74, 6) is -0.354. The zero-order valence-corrected chi connectivity index (χ0v) is 11.8. The molecule has 2 aromatic carbocycles. The Hall–Kier alpha value is -2.79. The molecule has 0 aliphatic rings. The minimum absolute atomic E-state index is 0.0533. The molecular weight excluding hydrogens is 278 g/mol. The predicted octanol–water partition coefficient (Wildman–Crippen LogP) is 2.05. The SMILES string of the molecule is O=C(c1ccccc1)C(O)(Cn1cnnc1)c1ccccc1. The van der Waals surface area contributed by atoms with Crippen molar-refractivity contribution in [3.05, 3.63) is 84.4 Å². The van der Waals surface area contributed by atoms with Crippen LogP contribution in [0.2, 0.25) is 0 Å². The topological polar surface area (TPSA) is 68.0 Å². The summed E-state index contributed by atoms with van der Waals surface area (Å²) >= 11 is 0. The average molecular weight is 293 g/mol. The first-order valence-electron chi connectivity index (χ1n) is 6.90. The monoisotopic (exact) mass is 293 g/mol. The van der Waals surface area contributed by atoms with Gasteiger partial charge in [0.15, 0.2) is 5.60 Å². The molecule has 0 spiro atoms. The van der Waals surface area contributed by atoms with E-state index < -0.39 is 5.60 Å². The van der Waals surface area contributed by atoms with Crippen LogP contribution in [0.3, 0.4) is 0 Å². The molecule has 0 radical (unpaired) electrons. The third-order valence-electron chi connectivity index (χ3n) is 3.54. The van der Waals surface area contributed by atoms with E-state index in [0.717, 1.165) is 0 Å². The first kappa shape index (κ1) is 14.2. The van der Waals surface area contributed by atoms with Gasteiger partial charge in [-0.2, -0.15) is 0 Å². The van der Waals surface area contributed by atoms with Gasteiger partial charge in [-0.1, -0.05) is 60.7 Å². The standard InChI is InChI=1S/C17H15N3O2/c21-16(14-7-3-1-4-8-14)17(22,11-20-12-18-19-13-20)15-9-5-2-6-10-15/h1-10,12-13,22H,11H2. The van der Waals surface area contributed by atoms with Gasteiger partial charge < -0.3 is 9.67 Å². The average Bonchev–Trinajstić information content (AvgIpc) is 3.08. The Morgan fingerprint density at radius 3 is 2.09 bits per heavy atom. The fraction of sp³-hybridized carbons (Fsp3) is 0.118. The lowest BCUT2D eigenvalue weighted by molar-refractivity contribution is 0.0201. The lowest BCUT2D eigenvalue weighted by Crippen LogP contribution is -2.40. The van der Waals surface area contributed by atoms with Crippen LogP contribution in [-0.4, -0.2) is 25.7 Å². The fourth-order valence-corrected chi connectivity index (χ4v) is 2.40. The van der Waals surface area contributed by atoms with Crippen LogP contribution in [0.4, 0.5) is 0 Å². The van der Waals surface area contributed by atoms with Gasteiger partial charge in [-0.15, -0.1) is 10.2 Å². The molecule has 1 heterocycles. The molecule has 5 heteroatoms. The van der Waals surface area contributed by atoms with E-state index in [0.29, 0.717) is 11.1 Å². The highest BCUT2D eigenvalue weighted by atomic mass is 16.3. The molecule has 3 rings (SSSR count). The van der Waals surface area contributed by atoms with E-state index in [1.807, 2.05) is 12.1 Å². The Labute approximate surface area is 127 Å². The Bertz CT molecular complexity index is 742. The lowest BCUT2D eigenvalue weighted by atomic mass is 9.85. The van der Waals surface area contributed by atoms with Crippen LogP contribution in [0, 0.1) is 0 Å². The molecule has 0 aliphatic heterocycles. The van der Waals surface area contributed by atoms with Crippen molar-refractivity contribution in [2.45, 2.75) is 12.1 Å². The molecule has 1 aromatic heterocycles. The van der Waals surface area contributed by atoms with Crippen LogP contribution in [0.5, 0.6) is 0 Å². The smallest absolute Gasteiger partial charge is 0.200 e. The molecule has 22 heavy (non-hydrogen) atoms. The summed E-state index contributed by atoms with van der Waals surface area (Å²) in [6.45, 7) is 0.0533. The molecule has 1 unspecified atom stereocenters. The molecular formula is C17H15N3O2. The van der Waals surface area contributed by atoms with Crippen LogP contribution >= 0.6 is 0 Å². The summed E-state index contributed by atoms with van der Waals surface area (Å²) in [4.78, 5) is 12.9. The van der Waals surface area contributed by atoms with E-state index in [-0.39, 0.29) is 12.3 Å². The molecule has 1 N–H and O–H groups in total. The van der Waals surface area contributed by atoms with Crippen molar-refractivity contribution >= 4 is 5.78 Å². The maximum absolute atomic E-state index is 12.9. The normalized spacial score (nSPS) is 13.5. The highest BCUT2D eigenvalue weighted by molar-refractivity contribution is 6.02. The summed E-state index contributed by atoms with van der Waals surface area (Å²) < 4.78 is 1.59. The van der Waals surface area contributed by atoms with E-state index in [1.54, 1.807) is 53.1 Å². The van der Waals surface area contributed by atoms with Crippen molar-refractivity contribution in [3.8, 4) is 0 Å². The molecule has 1 atom stereocenters. The number of Topliss-reactive ketones (excluding diaryl/α,β-unsaturated/α-hetero) is 1. The number of aromatic nitrogens is 3. The second-order valence-corrected chi connectivity index (χ2v) is 5.06. The molecule has 0 saturated heterocycles.